The van der Waals surface area contributed by atoms with E-state index in [-0.39, 0.29) is 23.7 Å². The maximum atomic E-state index is 13.9. The number of rotatable bonds is 9. The Bertz CT molecular complexity index is 1560. The SMILES string of the molecule is CCOC(=O)C1=C(CNS(=O)(=O)c2ccccc2[N+](=O)[O-])NC(c2nccs2)=NC1c1ccc(F)cc1Br. The van der Waals surface area contributed by atoms with Crippen molar-refractivity contribution < 1.29 is 27.3 Å². The quantitative estimate of drug-likeness (QED) is 0.207. The van der Waals surface area contributed by atoms with Crippen LogP contribution in [-0.4, -0.2) is 43.3 Å². The highest BCUT2D eigenvalue weighted by Crippen LogP contribution is 2.37. The number of nitro groups is 1. The maximum Gasteiger partial charge on any atom is 0.338 e. The zero-order valence-electron chi connectivity index (χ0n) is 19.6. The van der Waals surface area contributed by atoms with Gasteiger partial charge >= 0.3 is 5.97 Å². The van der Waals surface area contributed by atoms with Gasteiger partial charge in [0.05, 0.1) is 23.6 Å². The second-order valence-corrected chi connectivity index (χ2v) is 11.2. The fraction of sp³-hybridized carbons (Fsp3) is 0.174. The van der Waals surface area contributed by atoms with Crippen molar-refractivity contribution >= 4 is 54.8 Å². The second kappa shape index (κ2) is 11.5. The fourth-order valence-electron chi connectivity index (χ4n) is 3.66. The van der Waals surface area contributed by atoms with E-state index in [0.29, 0.717) is 15.0 Å². The molecule has 0 spiro atoms. The highest BCUT2D eigenvalue weighted by molar-refractivity contribution is 9.10. The molecule has 3 aromatic rings. The number of benzene rings is 2. The number of para-hydroxylation sites is 1. The molecule has 4 rings (SSSR count). The van der Waals surface area contributed by atoms with Crippen molar-refractivity contribution in [3.8, 4) is 0 Å². The molecule has 11 nitrogen and oxygen atoms in total. The molecule has 2 N–H and O–H groups in total. The van der Waals surface area contributed by atoms with E-state index < -0.39 is 49.9 Å². The van der Waals surface area contributed by atoms with Crippen molar-refractivity contribution in [3.05, 3.63) is 96.3 Å². The molecule has 0 saturated carbocycles. The van der Waals surface area contributed by atoms with Crippen molar-refractivity contribution in [2.24, 2.45) is 4.99 Å². The predicted molar refractivity (Wildman–Crippen MR) is 141 cm³/mol. The average molecular weight is 624 g/mol. The van der Waals surface area contributed by atoms with E-state index >= 15 is 0 Å². The molecule has 0 bridgehead atoms. The Morgan fingerprint density at radius 3 is 2.74 bits per heavy atom. The molecular weight excluding hydrogens is 605 g/mol. The van der Waals surface area contributed by atoms with Crippen LogP contribution in [0.25, 0.3) is 0 Å². The summed E-state index contributed by atoms with van der Waals surface area (Å²) in [6.45, 7) is 1.17. The summed E-state index contributed by atoms with van der Waals surface area (Å²) >= 11 is 4.57. The first-order valence-corrected chi connectivity index (χ1v) is 14.1. The summed E-state index contributed by atoms with van der Waals surface area (Å²) in [5.74, 6) is -1.05. The molecule has 1 unspecified atom stereocenters. The number of aromatic nitrogens is 1. The molecule has 0 amide bonds. The summed E-state index contributed by atoms with van der Waals surface area (Å²) in [5.41, 5.74) is -0.116. The first kappa shape index (κ1) is 27.5. The van der Waals surface area contributed by atoms with Gasteiger partial charge in [0, 0.05) is 27.8 Å². The molecule has 1 atom stereocenters. The van der Waals surface area contributed by atoms with E-state index in [2.05, 4.69) is 35.9 Å². The number of ether oxygens (including phenoxy) is 1. The first-order chi connectivity index (χ1) is 18.1. The number of carbonyl (C=O) groups is 1. The summed E-state index contributed by atoms with van der Waals surface area (Å²) in [6.07, 6.45) is 1.55. The Hall–Kier alpha value is -3.53. The molecule has 0 saturated heterocycles. The lowest BCUT2D eigenvalue weighted by Crippen LogP contribution is -2.39. The van der Waals surface area contributed by atoms with E-state index in [4.69, 9.17) is 4.74 Å². The van der Waals surface area contributed by atoms with E-state index in [9.17, 15) is 27.7 Å². The summed E-state index contributed by atoms with van der Waals surface area (Å²) in [7, 11) is -4.39. The fourth-order valence-corrected chi connectivity index (χ4v) is 5.98. The van der Waals surface area contributed by atoms with E-state index in [1.165, 1.54) is 41.7 Å². The van der Waals surface area contributed by atoms with Crippen molar-refractivity contribution in [1.82, 2.24) is 15.0 Å². The van der Waals surface area contributed by atoms with Crippen LogP contribution in [0, 0.1) is 15.9 Å². The first-order valence-electron chi connectivity index (χ1n) is 10.9. The van der Waals surface area contributed by atoms with Gasteiger partial charge in [0.25, 0.3) is 5.69 Å². The van der Waals surface area contributed by atoms with Crippen LogP contribution in [0.3, 0.4) is 0 Å². The van der Waals surface area contributed by atoms with Crippen LogP contribution < -0.4 is 10.0 Å². The van der Waals surface area contributed by atoms with Crippen molar-refractivity contribution in [3.63, 3.8) is 0 Å². The molecule has 15 heteroatoms. The molecule has 198 valence electrons. The minimum atomic E-state index is -4.39. The van der Waals surface area contributed by atoms with Crippen molar-refractivity contribution in [2.45, 2.75) is 17.9 Å². The Labute approximate surface area is 228 Å². The van der Waals surface area contributed by atoms with E-state index in [0.717, 1.165) is 12.1 Å². The minimum absolute atomic E-state index is 0.0234. The average Bonchev–Trinajstić information content (AvgIpc) is 3.42. The van der Waals surface area contributed by atoms with Gasteiger partial charge in [-0.25, -0.2) is 27.3 Å². The summed E-state index contributed by atoms with van der Waals surface area (Å²) in [4.78, 5) is 32.1. The smallest absolute Gasteiger partial charge is 0.338 e. The maximum absolute atomic E-state index is 13.9. The highest BCUT2D eigenvalue weighted by atomic mass is 79.9. The minimum Gasteiger partial charge on any atom is -0.463 e. The Morgan fingerprint density at radius 2 is 2.08 bits per heavy atom. The number of carbonyl (C=O) groups excluding carboxylic acids is 1. The molecule has 1 aliphatic rings. The molecule has 0 aliphatic carbocycles. The normalized spacial score (nSPS) is 15.6. The molecule has 38 heavy (non-hydrogen) atoms. The third-order valence-corrected chi connectivity index (χ3v) is 8.22. The molecular formula is C23H19BrFN5O6S2. The van der Waals surface area contributed by atoms with E-state index in [1.54, 1.807) is 18.5 Å². The van der Waals surface area contributed by atoms with Gasteiger partial charge in [0.15, 0.2) is 15.7 Å². The van der Waals surface area contributed by atoms with Crippen LogP contribution >= 0.6 is 27.3 Å². The lowest BCUT2D eigenvalue weighted by atomic mass is 9.95. The van der Waals surface area contributed by atoms with Gasteiger partial charge in [-0.05, 0) is 30.7 Å². The monoisotopic (exact) mass is 623 g/mol. The number of nitro benzene ring substituents is 1. The predicted octanol–water partition coefficient (Wildman–Crippen LogP) is 3.84. The van der Waals surface area contributed by atoms with Crippen molar-refractivity contribution in [2.75, 3.05) is 13.2 Å². The van der Waals surface area contributed by atoms with Crippen LogP contribution in [0.4, 0.5) is 10.1 Å². The van der Waals surface area contributed by atoms with Crippen LogP contribution in [0.5, 0.6) is 0 Å². The molecule has 0 radical (unpaired) electrons. The van der Waals surface area contributed by atoms with Gasteiger partial charge in [-0.3, -0.25) is 15.1 Å². The van der Waals surface area contributed by atoms with Gasteiger partial charge in [0.2, 0.25) is 10.0 Å². The zero-order chi connectivity index (χ0) is 27.4. The summed E-state index contributed by atoms with van der Waals surface area (Å²) in [6, 6.07) is 7.75. The third kappa shape index (κ3) is 5.80. The largest absolute Gasteiger partial charge is 0.463 e. The Balaban J connectivity index is 1.81. The van der Waals surface area contributed by atoms with Gasteiger partial charge < -0.3 is 10.1 Å². The van der Waals surface area contributed by atoms with Gasteiger partial charge in [-0.1, -0.05) is 34.1 Å². The Kier molecular flexibility index (Phi) is 8.30. The number of amidine groups is 1. The Morgan fingerprint density at radius 1 is 1.32 bits per heavy atom. The standard InChI is InChI=1S/C23H19BrFN5O6S2/c1-2-36-23(31)19-16(12-27-38(34,35)18-6-4-3-5-17(18)30(32)33)28-21(22-26-9-10-37-22)29-20(19)14-8-7-13(25)11-15(14)24/h3-11,20,27H,2,12H2,1H3,(H,28,29). The zero-order valence-corrected chi connectivity index (χ0v) is 22.8. The third-order valence-electron chi connectivity index (χ3n) is 5.30. The van der Waals surface area contributed by atoms with Gasteiger partial charge in [-0.2, -0.15) is 0 Å². The number of hydrogen-bond donors (Lipinski definition) is 2. The molecule has 2 aromatic carbocycles. The number of thiazole rings is 1. The van der Waals surface area contributed by atoms with Crippen LogP contribution in [0.1, 0.15) is 23.5 Å². The van der Waals surface area contributed by atoms with Gasteiger partial charge in [0.1, 0.15) is 11.9 Å². The number of nitrogens with one attached hydrogen (secondary N) is 2. The van der Waals surface area contributed by atoms with Crippen molar-refractivity contribution in [1.29, 1.82) is 0 Å². The topological polar surface area (TPSA) is 153 Å². The molecule has 2 heterocycles. The number of halogens is 2. The molecule has 1 aliphatic heterocycles. The van der Waals surface area contributed by atoms with E-state index in [1.807, 2.05) is 0 Å². The summed E-state index contributed by atoms with van der Waals surface area (Å²) in [5, 5.41) is 16.5. The van der Waals surface area contributed by atoms with Crippen LogP contribution in [0.2, 0.25) is 0 Å². The lowest BCUT2D eigenvalue weighted by molar-refractivity contribution is -0.387. The number of aliphatic imine (C=N–C) groups is 1. The molecule has 1 aromatic heterocycles. The number of sulfonamides is 1. The van der Waals surface area contributed by atoms with Crippen LogP contribution in [-0.2, 0) is 19.6 Å². The molecule has 0 fully saturated rings. The second-order valence-electron chi connectivity index (χ2n) is 7.67. The van der Waals surface area contributed by atoms with Crippen LogP contribution in [0.15, 0.2) is 79.7 Å². The highest BCUT2D eigenvalue weighted by Gasteiger charge is 2.35. The van der Waals surface area contributed by atoms with Gasteiger partial charge in [-0.15, -0.1) is 11.3 Å². The number of hydrogen-bond acceptors (Lipinski definition) is 10. The summed E-state index contributed by atoms with van der Waals surface area (Å²) < 4.78 is 47.9. The number of esters is 1. The lowest BCUT2D eigenvalue weighted by Gasteiger charge is -2.27. The number of nitrogens with zero attached hydrogens (tertiary/aromatic N) is 3.